The lowest BCUT2D eigenvalue weighted by atomic mass is 10.00. The Labute approximate surface area is 97.7 Å². The predicted octanol–water partition coefficient (Wildman–Crippen LogP) is 4.23. The zero-order chi connectivity index (χ0) is 12.0. The molecule has 0 aliphatic heterocycles. The van der Waals surface area contributed by atoms with E-state index in [1.165, 1.54) is 5.56 Å². The zero-order valence-corrected chi connectivity index (χ0v) is 10.2. The lowest BCUT2D eigenvalue weighted by Crippen LogP contribution is -1.86. The second-order valence-corrected chi connectivity index (χ2v) is 3.90. The van der Waals surface area contributed by atoms with Crippen molar-refractivity contribution in [2.75, 3.05) is 0 Å². The number of hydrogen-bond donors (Lipinski definition) is 0. The van der Waals surface area contributed by atoms with Gasteiger partial charge in [0.15, 0.2) is 0 Å². The fourth-order valence-electron chi connectivity index (χ4n) is 1.60. The Morgan fingerprint density at radius 2 is 2.19 bits per heavy atom. The van der Waals surface area contributed by atoms with Crippen molar-refractivity contribution in [1.29, 1.82) is 5.26 Å². The maximum Gasteiger partial charge on any atom is 0.0991 e. The molecule has 1 rings (SSSR count). The zero-order valence-electron chi connectivity index (χ0n) is 10.2. The van der Waals surface area contributed by atoms with Crippen LogP contribution in [0.4, 0.5) is 0 Å². The van der Waals surface area contributed by atoms with E-state index < -0.39 is 0 Å². The molecule has 0 unspecified atom stereocenters. The molecule has 0 atom stereocenters. The van der Waals surface area contributed by atoms with Crippen LogP contribution in [0, 0.1) is 18.3 Å². The van der Waals surface area contributed by atoms with Gasteiger partial charge in [0.25, 0.3) is 0 Å². The Bertz CT molecular complexity index is 469. The number of aryl methyl sites for hydroxylation is 1. The third-order valence-electron chi connectivity index (χ3n) is 2.51. The van der Waals surface area contributed by atoms with Gasteiger partial charge < -0.3 is 0 Å². The van der Waals surface area contributed by atoms with Crippen LogP contribution < -0.4 is 0 Å². The molecule has 0 bridgehead atoms. The van der Waals surface area contributed by atoms with E-state index in [9.17, 15) is 0 Å². The van der Waals surface area contributed by atoms with E-state index in [1.807, 2.05) is 25.1 Å². The topological polar surface area (TPSA) is 23.8 Å². The summed E-state index contributed by atoms with van der Waals surface area (Å²) >= 11 is 0. The highest BCUT2D eigenvalue weighted by Gasteiger charge is 2.00. The third-order valence-corrected chi connectivity index (χ3v) is 2.51. The van der Waals surface area contributed by atoms with Gasteiger partial charge in [0.2, 0.25) is 0 Å². The Morgan fingerprint density at radius 3 is 2.75 bits per heavy atom. The van der Waals surface area contributed by atoms with Crippen molar-refractivity contribution in [2.45, 2.75) is 33.6 Å². The van der Waals surface area contributed by atoms with Crippen LogP contribution in [0.5, 0.6) is 0 Å². The van der Waals surface area contributed by atoms with Gasteiger partial charge in [-0.2, -0.15) is 5.26 Å². The van der Waals surface area contributed by atoms with E-state index in [-0.39, 0.29) is 0 Å². The van der Waals surface area contributed by atoms with Gasteiger partial charge in [-0.15, -0.1) is 5.73 Å². The van der Waals surface area contributed by atoms with E-state index in [0.29, 0.717) is 5.56 Å². The molecule has 1 nitrogen and oxygen atoms in total. The van der Waals surface area contributed by atoms with Gasteiger partial charge >= 0.3 is 0 Å². The van der Waals surface area contributed by atoms with E-state index in [0.717, 1.165) is 24.0 Å². The summed E-state index contributed by atoms with van der Waals surface area (Å²) in [6, 6.07) is 7.92. The smallest absolute Gasteiger partial charge is 0.0991 e. The molecule has 1 heteroatoms. The number of benzene rings is 1. The molecule has 0 spiro atoms. The molecule has 0 radical (unpaired) electrons. The van der Waals surface area contributed by atoms with Gasteiger partial charge in [-0.3, -0.25) is 0 Å². The van der Waals surface area contributed by atoms with Crippen molar-refractivity contribution in [3.05, 3.63) is 46.7 Å². The molecule has 0 aliphatic carbocycles. The number of nitriles is 1. The fourth-order valence-corrected chi connectivity index (χ4v) is 1.60. The van der Waals surface area contributed by atoms with Gasteiger partial charge in [0.1, 0.15) is 0 Å². The van der Waals surface area contributed by atoms with Gasteiger partial charge in [0.05, 0.1) is 11.6 Å². The Kier molecular flexibility index (Phi) is 4.58. The third kappa shape index (κ3) is 3.12. The number of nitrogens with zero attached hydrogens (tertiary/aromatic N) is 1. The van der Waals surface area contributed by atoms with Crippen molar-refractivity contribution in [1.82, 2.24) is 0 Å². The Hall–Kier alpha value is -1.77. The fraction of sp³-hybridized carbons (Fsp3) is 0.333. The van der Waals surface area contributed by atoms with Gasteiger partial charge in [-0.05, 0) is 55.2 Å². The van der Waals surface area contributed by atoms with Crippen molar-refractivity contribution >= 4 is 5.57 Å². The number of unbranched alkanes of at least 4 members (excludes halogenated alkanes) is 1. The minimum absolute atomic E-state index is 0.714. The molecule has 0 saturated carbocycles. The molecule has 1 aromatic rings. The molecule has 0 aromatic heterocycles. The first-order valence-corrected chi connectivity index (χ1v) is 5.62. The van der Waals surface area contributed by atoms with Crippen LogP contribution in [0.15, 0.2) is 30.0 Å². The van der Waals surface area contributed by atoms with Crippen molar-refractivity contribution in [2.24, 2.45) is 0 Å². The predicted molar refractivity (Wildman–Crippen MR) is 68.0 cm³/mol. The van der Waals surface area contributed by atoms with Crippen LogP contribution in [0.25, 0.3) is 5.57 Å². The first-order valence-electron chi connectivity index (χ1n) is 5.62. The summed E-state index contributed by atoms with van der Waals surface area (Å²) < 4.78 is 0. The number of hydrogen-bond acceptors (Lipinski definition) is 1. The molecular formula is C15H17N. The van der Waals surface area contributed by atoms with E-state index in [4.69, 9.17) is 5.26 Å². The standard InChI is InChI=1S/C15H17N/c1-4-5-6-7-12(2)15-9-8-14(11-16)10-13(15)3/h6,8-10H,4-5H2,1-3H3. The second-order valence-electron chi connectivity index (χ2n) is 3.90. The normalized spacial score (nSPS) is 9.12. The van der Waals surface area contributed by atoms with Crippen LogP contribution in [-0.2, 0) is 0 Å². The first-order chi connectivity index (χ1) is 7.69. The maximum atomic E-state index is 8.79. The SMILES string of the molecule is CCCC=C=C(C)c1ccc(C#N)cc1C. The molecule has 16 heavy (non-hydrogen) atoms. The second kappa shape index (κ2) is 5.95. The minimum Gasteiger partial charge on any atom is -0.192 e. The van der Waals surface area contributed by atoms with Crippen LogP contribution >= 0.6 is 0 Å². The summed E-state index contributed by atoms with van der Waals surface area (Å²) in [4.78, 5) is 0. The van der Waals surface area contributed by atoms with Crippen LogP contribution in [0.2, 0.25) is 0 Å². The molecular weight excluding hydrogens is 194 g/mol. The summed E-state index contributed by atoms with van der Waals surface area (Å²) in [5, 5.41) is 8.79. The molecule has 82 valence electrons. The van der Waals surface area contributed by atoms with Crippen LogP contribution in [-0.4, -0.2) is 0 Å². The molecule has 0 heterocycles. The number of rotatable bonds is 3. The Morgan fingerprint density at radius 1 is 1.44 bits per heavy atom. The van der Waals surface area contributed by atoms with E-state index >= 15 is 0 Å². The van der Waals surface area contributed by atoms with E-state index in [1.54, 1.807) is 0 Å². The van der Waals surface area contributed by atoms with Gasteiger partial charge in [0, 0.05) is 0 Å². The first kappa shape index (κ1) is 12.3. The average molecular weight is 211 g/mol. The Balaban J connectivity index is 3.06. The quantitative estimate of drug-likeness (QED) is 0.686. The molecule has 0 aliphatic rings. The molecule has 0 saturated heterocycles. The van der Waals surface area contributed by atoms with E-state index in [2.05, 4.69) is 31.7 Å². The lowest BCUT2D eigenvalue weighted by molar-refractivity contribution is 0.960. The average Bonchev–Trinajstić information content (AvgIpc) is 2.29. The minimum atomic E-state index is 0.714. The summed E-state index contributed by atoms with van der Waals surface area (Å²) in [5.41, 5.74) is 7.44. The van der Waals surface area contributed by atoms with Crippen molar-refractivity contribution in [3.63, 3.8) is 0 Å². The summed E-state index contributed by atoms with van der Waals surface area (Å²) in [6.45, 7) is 6.24. The van der Waals surface area contributed by atoms with Crippen molar-refractivity contribution < 1.29 is 0 Å². The molecule has 0 N–H and O–H groups in total. The summed E-state index contributed by atoms with van der Waals surface area (Å²) in [6.07, 6.45) is 4.28. The van der Waals surface area contributed by atoms with Crippen LogP contribution in [0.1, 0.15) is 43.4 Å². The summed E-state index contributed by atoms with van der Waals surface area (Å²) in [5.74, 6) is 0. The number of allylic oxidation sites excluding steroid dienone is 1. The highest BCUT2D eigenvalue weighted by Crippen LogP contribution is 2.18. The monoisotopic (exact) mass is 211 g/mol. The largest absolute Gasteiger partial charge is 0.192 e. The lowest BCUT2D eigenvalue weighted by Gasteiger charge is -2.04. The van der Waals surface area contributed by atoms with Gasteiger partial charge in [-0.1, -0.05) is 19.4 Å². The molecule has 1 aromatic carbocycles. The van der Waals surface area contributed by atoms with Crippen LogP contribution in [0.3, 0.4) is 0 Å². The highest BCUT2D eigenvalue weighted by atomic mass is 14.2. The maximum absolute atomic E-state index is 8.79. The van der Waals surface area contributed by atoms with Crippen molar-refractivity contribution in [3.8, 4) is 6.07 Å². The highest BCUT2D eigenvalue weighted by molar-refractivity contribution is 5.66. The summed E-state index contributed by atoms with van der Waals surface area (Å²) in [7, 11) is 0. The molecule has 0 fully saturated rings. The molecule has 0 amide bonds. The van der Waals surface area contributed by atoms with Gasteiger partial charge in [-0.25, -0.2) is 0 Å².